The number of carbonyl (C=O) groups is 1. The van der Waals surface area contributed by atoms with Crippen LogP contribution in [-0.2, 0) is 23.8 Å². The molecule has 1 aromatic heterocycles. The fourth-order valence-corrected chi connectivity index (χ4v) is 5.20. The Morgan fingerprint density at radius 2 is 1.87 bits per heavy atom. The van der Waals surface area contributed by atoms with Gasteiger partial charge in [0.05, 0.1) is 23.3 Å². The molecule has 4 nitrogen and oxygen atoms in total. The molecule has 1 heterocycles. The third-order valence-electron chi connectivity index (χ3n) is 4.82. The Bertz CT molecular complexity index is 960. The normalized spacial score (nSPS) is 14.3. The number of methoxy groups -OCH3 is 1. The van der Waals surface area contributed by atoms with Crippen LogP contribution in [0.3, 0.4) is 0 Å². The van der Waals surface area contributed by atoms with E-state index in [4.69, 9.17) is 28.6 Å². The summed E-state index contributed by atoms with van der Waals surface area (Å²) >= 11 is 12.4. The molecule has 0 amide bonds. The number of alkyl halides is 3. The van der Waals surface area contributed by atoms with Gasteiger partial charge in [-0.25, -0.2) is 4.79 Å². The molecule has 0 spiro atoms. The van der Waals surface area contributed by atoms with Crippen LogP contribution < -0.4 is 10.6 Å². The summed E-state index contributed by atoms with van der Waals surface area (Å²) in [6.45, 7) is 0. The van der Waals surface area contributed by atoms with Crippen molar-refractivity contribution in [1.29, 1.82) is 0 Å². The highest BCUT2D eigenvalue weighted by Crippen LogP contribution is 2.38. The highest BCUT2D eigenvalue weighted by atomic mass is 35.5. The van der Waals surface area contributed by atoms with Crippen LogP contribution in [0, 0.1) is 0 Å². The number of halogens is 4. The number of rotatable bonds is 3. The second kappa shape index (κ2) is 9.53. The molecule has 30 heavy (non-hydrogen) atoms. The van der Waals surface area contributed by atoms with Gasteiger partial charge in [0, 0.05) is 10.6 Å². The zero-order valence-corrected chi connectivity index (χ0v) is 18.5. The lowest BCUT2D eigenvalue weighted by Crippen LogP contribution is -2.20. The van der Waals surface area contributed by atoms with Crippen molar-refractivity contribution in [3.63, 3.8) is 0 Å². The van der Waals surface area contributed by atoms with Crippen LogP contribution in [0.15, 0.2) is 18.2 Å². The molecule has 2 aromatic rings. The van der Waals surface area contributed by atoms with Gasteiger partial charge < -0.3 is 15.4 Å². The second-order valence-corrected chi connectivity index (χ2v) is 8.81. The van der Waals surface area contributed by atoms with Gasteiger partial charge >= 0.3 is 12.1 Å². The van der Waals surface area contributed by atoms with Gasteiger partial charge in [0.1, 0.15) is 5.00 Å². The summed E-state index contributed by atoms with van der Waals surface area (Å²) in [5, 5.41) is 5.93. The van der Waals surface area contributed by atoms with Gasteiger partial charge in [-0.15, -0.1) is 11.3 Å². The van der Waals surface area contributed by atoms with Crippen LogP contribution in [0.5, 0.6) is 0 Å². The minimum absolute atomic E-state index is 0.0739. The number of carbonyl (C=O) groups excluding carboxylic acids is 1. The fraction of sp³-hybridized carbons (Fsp3) is 0.400. The summed E-state index contributed by atoms with van der Waals surface area (Å²) in [4.78, 5) is 13.6. The first kappa shape index (κ1) is 22.8. The first-order valence-electron chi connectivity index (χ1n) is 9.38. The Morgan fingerprint density at radius 1 is 1.17 bits per heavy atom. The van der Waals surface area contributed by atoms with Gasteiger partial charge in [0.15, 0.2) is 5.11 Å². The van der Waals surface area contributed by atoms with Crippen molar-refractivity contribution >= 4 is 56.9 Å². The molecule has 0 atom stereocenters. The van der Waals surface area contributed by atoms with Crippen molar-refractivity contribution in [2.45, 2.75) is 44.7 Å². The quantitative estimate of drug-likeness (QED) is 0.382. The van der Waals surface area contributed by atoms with Crippen LogP contribution in [0.1, 0.15) is 52.0 Å². The molecule has 1 aromatic carbocycles. The maximum absolute atomic E-state index is 13.1. The lowest BCUT2D eigenvalue weighted by atomic mass is 9.96. The average Bonchev–Trinajstić information content (AvgIpc) is 2.97. The Morgan fingerprint density at radius 3 is 2.53 bits per heavy atom. The maximum Gasteiger partial charge on any atom is 0.417 e. The summed E-state index contributed by atoms with van der Waals surface area (Å²) in [5.41, 5.74) is 0.614. The van der Waals surface area contributed by atoms with Crippen molar-refractivity contribution in [1.82, 2.24) is 0 Å². The van der Waals surface area contributed by atoms with E-state index in [0.29, 0.717) is 10.6 Å². The molecule has 0 saturated carbocycles. The van der Waals surface area contributed by atoms with Crippen LogP contribution in [0.25, 0.3) is 0 Å². The Labute approximate surface area is 186 Å². The van der Waals surface area contributed by atoms with Gasteiger partial charge in [-0.2, -0.15) is 13.2 Å². The standard InChI is InChI=1S/C20H20ClF3N2O2S2/c1-28-18(27)16-12-6-4-2-3-5-7-15(12)30-17(16)26-19(29)25-11-8-9-14(21)13(10-11)20(22,23)24/h8-10H,2-7H2,1H3,(H2,25,26,29). The molecule has 0 unspecified atom stereocenters. The summed E-state index contributed by atoms with van der Waals surface area (Å²) < 4.78 is 44.2. The van der Waals surface area contributed by atoms with Crippen LogP contribution in [-0.4, -0.2) is 18.2 Å². The molecule has 1 aliphatic rings. The van der Waals surface area contributed by atoms with Gasteiger partial charge in [0.2, 0.25) is 0 Å². The number of ether oxygens (including phenoxy) is 1. The van der Waals surface area contributed by atoms with Gasteiger partial charge in [0.25, 0.3) is 0 Å². The first-order chi connectivity index (χ1) is 14.2. The minimum atomic E-state index is -4.58. The number of fused-ring (bicyclic) bond motifs is 1. The fourth-order valence-electron chi connectivity index (χ4n) is 3.41. The molecule has 0 radical (unpaired) electrons. The van der Waals surface area contributed by atoms with Crippen molar-refractivity contribution < 1.29 is 22.7 Å². The summed E-state index contributed by atoms with van der Waals surface area (Å²) in [6, 6.07) is 3.46. The summed E-state index contributed by atoms with van der Waals surface area (Å²) in [5.74, 6) is -0.454. The van der Waals surface area contributed by atoms with E-state index in [1.807, 2.05) is 0 Å². The predicted octanol–water partition coefficient (Wildman–Crippen LogP) is 6.67. The molecule has 1 aliphatic carbocycles. The van der Waals surface area contributed by atoms with Crippen LogP contribution in [0.4, 0.5) is 23.9 Å². The largest absolute Gasteiger partial charge is 0.465 e. The third-order valence-corrected chi connectivity index (χ3v) is 6.56. The van der Waals surface area contributed by atoms with E-state index in [-0.39, 0.29) is 10.8 Å². The van der Waals surface area contributed by atoms with Gasteiger partial charge in [-0.3, -0.25) is 0 Å². The number of anilines is 2. The molecule has 0 bridgehead atoms. The number of aryl methyl sites for hydroxylation is 1. The lowest BCUT2D eigenvalue weighted by molar-refractivity contribution is -0.137. The molecule has 0 saturated heterocycles. The van der Waals surface area contributed by atoms with Crippen molar-refractivity contribution in [2.75, 3.05) is 17.7 Å². The zero-order chi connectivity index (χ0) is 21.9. The monoisotopic (exact) mass is 476 g/mol. The number of hydrogen-bond donors (Lipinski definition) is 2. The van der Waals surface area contributed by atoms with E-state index in [0.717, 1.165) is 61.1 Å². The van der Waals surface area contributed by atoms with Crippen molar-refractivity contribution in [3.8, 4) is 0 Å². The number of thiophene rings is 1. The van der Waals surface area contributed by atoms with Crippen molar-refractivity contribution in [2.24, 2.45) is 0 Å². The second-order valence-electron chi connectivity index (χ2n) is 6.89. The SMILES string of the molecule is COC(=O)c1c(NC(=S)Nc2ccc(Cl)c(C(F)(F)F)c2)sc2c1CCCCCC2. The van der Waals surface area contributed by atoms with E-state index in [9.17, 15) is 18.0 Å². The predicted molar refractivity (Wildman–Crippen MR) is 118 cm³/mol. The smallest absolute Gasteiger partial charge is 0.417 e. The zero-order valence-electron chi connectivity index (χ0n) is 16.1. The molecular formula is C20H20ClF3N2O2S2. The molecule has 10 heteroatoms. The van der Waals surface area contributed by atoms with Crippen molar-refractivity contribution in [3.05, 3.63) is 44.8 Å². The number of thiocarbonyl (C=S) groups is 1. The number of benzene rings is 1. The van der Waals surface area contributed by atoms with E-state index in [1.165, 1.54) is 24.5 Å². The molecule has 0 aliphatic heterocycles. The molecule has 3 rings (SSSR count). The Hall–Kier alpha value is -1.84. The van der Waals surface area contributed by atoms with Crippen LogP contribution in [0.2, 0.25) is 5.02 Å². The minimum Gasteiger partial charge on any atom is -0.465 e. The first-order valence-corrected chi connectivity index (χ1v) is 11.0. The van der Waals surface area contributed by atoms with E-state index in [1.54, 1.807) is 0 Å². The number of hydrogen-bond acceptors (Lipinski definition) is 4. The lowest BCUT2D eigenvalue weighted by Gasteiger charge is -2.14. The van der Waals surface area contributed by atoms with E-state index < -0.39 is 22.7 Å². The molecular weight excluding hydrogens is 457 g/mol. The number of nitrogens with one attached hydrogen (secondary N) is 2. The summed E-state index contributed by atoms with van der Waals surface area (Å²) in [6.07, 6.45) is 1.36. The highest BCUT2D eigenvalue weighted by Gasteiger charge is 2.33. The van der Waals surface area contributed by atoms with Gasteiger partial charge in [-0.1, -0.05) is 24.4 Å². The maximum atomic E-state index is 13.1. The average molecular weight is 477 g/mol. The molecule has 2 N–H and O–H groups in total. The highest BCUT2D eigenvalue weighted by molar-refractivity contribution is 7.80. The van der Waals surface area contributed by atoms with E-state index in [2.05, 4.69) is 10.6 Å². The van der Waals surface area contributed by atoms with E-state index >= 15 is 0 Å². The van der Waals surface area contributed by atoms with Crippen LogP contribution >= 0.6 is 35.2 Å². The summed E-state index contributed by atoms with van der Waals surface area (Å²) in [7, 11) is 1.32. The van der Waals surface area contributed by atoms with Gasteiger partial charge in [-0.05, 0) is 61.7 Å². The Balaban J connectivity index is 1.85. The molecule has 0 fully saturated rings. The topological polar surface area (TPSA) is 50.4 Å². The number of esters is 1. The third kappa shape index (κ3) is 5.25. The molecule has 162 valence electrons. The Kier molecular flexibility index (Phi) is 7.26.